The van der Waals surface area contributed by atoms with Gasteiger partial charge in [0.2, 0.25) is 11.8 Å². The minimum absolute atomic E-state index is 0.147. The molecule has 0 radical (unpaired) electrons. The molecule has 0 fully saturated rings. The lowest BCUT2D eigenvalue weighted by Crippen LogP contribution is -2.22. The summed E-state index contributed by atoms with van der Waals surface area (Å²) >= 11 is 6.27. The van der Waals surface area contributed by atoms with Crippen LogP contribution in [0.1, 0.15) is 38.2 Å². The third-order valence-corrected chi connectivity index (χ3v) is 3.84. The molecule has 3 N–H and O–H groups in total. The molecule has 25 heavy (non-hydrogen) atoms. The number of methoxy groups -OCH3 is 1. The predicted octanol–water partition coefficient (Wildman–Crippen LogP) is 2.48. The number of halogens is 1. The number of nitrogens with two attached hydrogens (primary N) is 1. The lowest BCUT2D eigenvalue weighted by atomic mass is 10.0. The van der Waals surface area contributed by atoms with E-state index >= 15 is 0 Å². The van der Waals surface area contributed by atoms with Gasteiger partial charge >= 0.3 is 5.97 Å². The fourth-order valence-electron chi connectivity index (χ4n) is 1.90. The number of esters is 1. The molecule has 0 bridgehead atoms. The summed E-state index contributed by atoms with van der Waals surface area (Å²) in [6.07, 6.45) is 1.07. The summed E-state index contributed by atoms with van der Waals surface area (Å²) in [6, 6.07) is 5.11. The van der Waals surface area contributed by atoms with Crippen molar-refractivity contribution < 1.29 is 19.1 Å². The Morgan fingerprint density at radius 3 is 2.68 bits per heavy atom. The zero-order valence-electron chi connectivity index (χ0n) is 14.2. The number of anilines is 1. The van der Waals surface area contributed by atoms with E-state index in [4.69, 9.17) is 17.3 Å². The Kier molecular flexibility index (Phi) is 8.51. The topological polar surface area (TPSA) is 98.5 Å². The maximum atomic E-state index is 12.1. The van der Waals surface area contributed by atoms with Gasteiger partial charge in [0.15, 0.2) is 0 Å². The number of benzene rings is 1. The largest absolute Gasteiger partial charge is 0.469 e. The molecule has 0 aliphatic carbocycles. The standard InChI is InChI=1S/C18H21ClN2O4/c1-12(10-11-15(20)22)18(24)21-14-8-5-7-13(17(14)19)6-3-4-9-16(23)25-2/h5,7-8,12H,4,9-11H2,1-2H3,(H2,20,22)(H,21,24). The summed E-state index contributed by atoms with van der Waals surface area (Å²) in [7, 11) is 1.32. The highest BCUT2D eigenvalue weighted by Gasteiger charge is 2.15. The molecule has 0 aliphatic rings. The van der Waals surface area contributed by atoms with Gasteiger partial charge in [-0.3, -0.25) is 14.4 Å². The van der Waals surface area contributed by atoms with Crippen LogP contribution in [0.15, 0.2) is 18.2 Å². The number of nitrogens with one attached hydrogen (secondary N) is 1. The Bertz CT molecular complexity index is 707. The fourth-order valence-corrected chi connectivity index (χ4v) is 2.12. The summed E-state index contributed by atoms with van der Waals surface area (Å²) in [6.45, 7) is 1.71. The number of amides is 2. The molecule has 0 aliphatic heterocycles. The van der Waals surface area contributed by atoms with Crippen LogP contribution in [0.2, 0.25) is 5.02 Å². The van der Waals surface area contributed by atoms with E-state index in [1.54, 1.807) is 25.1 Å². The number of carbonyl (C=O) groups excluding carboxylic acids is 3. The van der Waals surface area contributed by atoms with E-state index in [-0.39, 0.29) is 30.6 Å². The molecule has 0 saturated carbocycles. The van der Waals surface area contributed by atoms with Crippen molar-refractivity contribution in [3.63, 3.8) is 0 Å². The first kappa shape index (κ1) is 20.5. The molecule has 2 amide bonds. The first-order valence-corrected chi connectivity index (χ1v) is 8.16. The minimum Gasteiger partial charge on any atom is -0.469 e. The summed E-state index contributed by atoms with van der Waals surface area (Å²) in [5.74, 6) is 4.32. The van der Waals surface area contributed by atoms with Crippen LogP contribution in [0.4, 0.5) is 5.69 Å². The van der Waals surface area contributed by atoms with Crippen LogP contribution < -0.4 is 11.1 Å². The van der Waals surface area contributed by atoms with Crippen molar-refractivity contribution in [2.24, 2.45) is 11.7 Å². The molecule has 0 spiro atoms. The minimum atomic E-state index is -0.443. The van der Waals surface area contributed by atoms with Crippen molar-refractivity contribution in [3.05, 3.63) is 28.8 Å². The van der Waals surface area contributed by atoms with E-state index in [2.05, 4.69) is 21.9 Å². The molecular formula is C18H21ClN2O4. The molecule has 1 aromatic rings. The van der Waals surface area contributed by atoms with Crippen LogP contribution in [-0.4, -0.2) is 24.9 Å². The van der Waals surface area contributed by atoms with Crippen molar-refractivity contribution in [1.82, 2.24) is 0 Å². The number of primary amides is 1. The smallest absolute Gasteiger partial charge is 0.306 e. The van der Waals surface area contributed by atoms with Crippen LogP contribution >= 0.6 is 11.6 Å². The maximum Gasteiger partial charge on any atom is 0.306 e. The average Bonchev–Trinajstić information content (AvgIpc) is 2.58. The van der Waals surface area contributed by atoms with Gasteiger partial charge in [-0.15, -0.1) is 0 Å². The average molecular weight is 365 g/mol. The lowest BCUT2D eigenvalue weighted by Gasteiger charge is -2.13. The first-order valence-electron chi connectivity index (χ1n) is 7.78. The molecule has 134 valence electrons. The van der Waals surface area contributed by atoms with Gasteiger partial charge in [-0.05, 0) is 18.6 Å². The Hall–Kier alpha value is -2.52. The predicted molar refractivity (Wildman–Crippen MR) is 95.8 cm³/mol. The highest BCUT2D eigenvalue weighted by molar-refractivity contribution is 6.34. The molecule has 1 aromatic carbocycles. The molecule has 0 saturated heterocycles. The van der Waals surface area contributed by atoms with Crippen molar-refractivity contribution >= 4 is 35.1 Å². The number of hydrogen-bond donors (Lipinski definition) is 2. The second-order valence-corrected chi connectivity index (χ2v) is 5.82. The second kappa shape index (κ2) is 10.4. The molecule has 6 nitrogen and oxygen atoms in total. The van der Waals surface area contributed by atoms with Crippen LogP contribution in [0.25, 0.3) is 0 Å². The van der Waals surface area contributed by atoms with Gasteiger partial charge in [-0.1, -0.05) is 36.4 Å². The molecule has 1 rings (SSSR count). The van der Waals surface area contributed by atoms with Crippen molar-refractivity contribution in [1.29, 1.82) is 0 Å². The van der Waals surface area contributed by atoms with E-state index in [9.17, 15) is 14.4 Å². The van der Waals surface area contributed by atoms with E-state index in [0.717, 1.165) is 0 Å². The normalized spacial score (nSPS) is 11.0. The van der Waals surface area contributed by atoms with Crippen molar-refractivity contribution in [2.75, 3.05) is 12.4 Å². The zero-order valence-corrected chi connectivity index (χ0v) is 15.0. The molecule has 7 heteroatoms. The third kappa shape index (κ3) is 7.27. The fraction of sp³-hybridized carbons (Fsp3) is 0.389. The van der Waals surface area contributed by atoms with Gasteiger partial charge in [-0.2, -0.15) is 0 Å². The van der Waals surface area contributed by atoms with E-state index in [1.807, 2.05) is 0 Å². The van der Waals surface area contributed by atoms with Gasteiger partial charge in [0.1, 0.15) is 0 Å². The Morgan fingerprint density at radius 2 is 2.04 bits per heavy atom. The molecule has 0 aromatic heterocycles. The quantitative estimate of drug-likeness (QED) is 0.573. The second-order valence-electron chi connectivity index (χ2n) is 5.44. The first-order chi connectivity index (χ1) is 11.8. The van der Waals surface area contributed by atoms with Crippen molar-refractivity contribution in [3.8, 4) is 11.8 Å². The zero-order chi connectivity index (χ0) is 18.8. The lowest BCUT2D eigenvalue weighted by molar-refractivity contribution is -0.140. The Labute approximate surface area is 152 Å². The summed E-state index contributed by atoms with van der Waals surface area (Å²) in [4.78, 5) is 34.0. The molecule has 0 heterocycles. The number of carbonyl (C=O) groups is 3. The monoisotopic (exact) mass is 364 g/mol. The van der Waals surface area contributed by atoms with Gasteiger partial charge < -0.3 is 15.8 Å². The number of ether oxygens (including phenoxy) is 1. The van der Waals surface area contributed by atoms with Crippen LogP contribution in [-0.2, 0) is 19.1 Å². The van der Waals surface area contributed by atoms with Crippen LogP contribution in [0.3, 0.4) is 0 Å². The third-order valence-electron chi connectivity index (χ3n) is 3.43. The Balaban J connectivity index is 2.73. The van der Waals surface area contributed by atoms with Gasteiger partial charge in [0, 0.05) is 24.3 Å². The number of rotatable bonds is 7. The number of hydrogen-bond acceptors (Lipinski definition) is 4. The highest BCUT2D eigenvalue weighted by atomic mass is 35.5. The van der Waals surface area contributed by atoms with Gasteiger partial charge in [0.25, 0.3) is 0 Å². The molecule has 1 atom stereocenters. The Morgan fingerprint density at radius 1 is 1.32 bits per heavy atom. The van der Waals surface area contributed by atoms with E-state index < -0.39 is 5.91 Å². The molecule has 1 unspecified atom stereocenters. The van der Waals surface area contributed by atoms with E-state index in [0.29, 0.717) is 29.1 Å². The van der Waals surface area contributed by atoms with E-state index in [1.165, 1.54) is 7.11 Å². The highest BCUT2D eigenvalue weighted by Crippen LogP contribution is 2.26. The summed E-state index contributed by atoms with van der Waals surface area (Å²) < 4.78 is 4.54. The summed E-state index contributed by atoms with van der Waals surface area (Å²) in [5, 5.41) is 3.05. The van der Waals surface area contributed by atoms with Gasteiger partial charge in [-0.25, -0.2) is 0 Å². The van der Waals surface area contributed by atoms with Crippen molar-refractivity contribution in [2.45, 2.75) is 32.6 Å². The van der Waals surface area contributed by atoms with Gasteiger partial charge in [0.05, 0.1) is 24.2 Å². The molecular weight excluding hydrogens is 344 g/mol. The van der Waals surface area contributed by atoms with Crippen LogP contribution in [0.5, 0.6) is 0 Å². The summed E-state index contributed by atoms with van der Waals surface area (Å²) in [5.41, 5.74) is 6.08. The van der Waals surface area contributed by atoms with Crippen LogP contribution in [0, 0.1) is 17.8 Å². The SMILES string of the molecule is COC(=O)CCC#Cc1cccc(NC(=O)C(C)CCC(N)=O)c1Cl. The maximum absolute atomic E-state index is 12.1.